The Kier molecular flexibility index (Phi) is 6.12. The maximum atomic E-state index is 11.3. The molecular weight excluding hydrogens is 266 g/mol. The predicted octanol–water partition coefficient (Wildman–Crippen LogP) is 3.15. The molecule has 1 aromatic rings. The summed E-state index contributed by atoms with van der Waals surface area (Å²) in [6.45, 7) is 6.03. The molecule has 0 spiro atoms. The summed E-state index contributed by atoms with van der Waals surface area (Å²) in [5, 5.41) is 9.74. The van der Waals surface area contributed by atoms with E-state index in [0.29, 0.717) is 29.8 Å². The van der Waals surface area contributed by atoms with Crippen molar-refractivity contribution in [3.05, 3.63) is 28.8 Å². The van der Waals surface area contributed by atoms with Crippen molar-refractivity contribution in [1.82, 2.24) is 0 Å². The van der Waals surface area contributed by atoms with E-state index in [2.05, 4.69) is 13.8 Å². The topological polar surface area (TPSA) is 49.8 Å². The van der Waals surface area contributed by atoms with Gasteiger partial charge in [-0.3, -0.25) is 0 Å². The van der Waals surface area contributed by atoms with Gasteiger partial charge in [0.1, 0.15) is 0 Å². The quantitative estimate of drug-likeness (QED) is 0.836. The SMILES string of the molecule is COCCN(CC(C)C)c1c(Cl)cccc1C(=O)O. The fraction of sp³-hybridized carbons (Fsp3) is 0.500. The summed E-state index contributed by atoms with van der Waals surface area (Å²) < 4.78 is 5.08. The summed E-state index contributed by atoms with van der Waals surface area (Å²) in [7, 11) is 1.62. The van der Waals surface area contributed by atoms with E-state index < -0.39 is 5.97 Å². The van der Waals surface area contributed by atoms with Crippen LogP contribution in [0.1, 0.15) is 24.2 Å². The number of halogens is 1. The summed E-state index contributed by atoms with van der Waals surface area (Å²) in [6, 6.07) is 4.94. The Morgan fingerprint density at radius 2 is 2.16 bits per heavy atom. The third-order valence-corrected chi connectivity index (χ3v) is 2.99. The van der Waals surface area contributed by atoms with E-state index in [4.69, 9.17) is 16.3 Å². The van der Waals surface area contributed by atoms with Crippen LogP contribution < -0.4 is 4.90 Å². The number of benzene rings is 1. The molecule has 0 radical (unpaired) electrons. The van der Waals surface area contributed by atoms with Crippen LogP contribution in [0.4, 0.5) is 5.69 Å². The van der Waals surface area contributed by atoms with E-state index in [0.717, 1.165) is 6.54 Å². The predicted molar refractivity (Wildman–Crippen MR) is 77.3 cm³/mol. The third-order valence-electron chi connectivity index (χ3n) is 2.68. The average Bonchev–Trinajstić information content (AvgIpc) is 2.33. The molecule has 0 saturated carbocycles. The number of methoxy groups -OCH3 is 1. The molecule has 0 aromatic heterocycles. The standard InChI is InChI=1S/C14H20ClNO3/c1-10(2)9-16(7-8-19-3)13-11(14(17)18)5-4-6-12(13)15/h4-6,10H,7-9H2,1-3H3,(H,17,18). The van der Waals surface area contributed by atoms with Crippen LogP contribution in [0, 0.1) is 5.92 Å². The van der Waals surface area contributed by atoms with Gasteiger partial charge in [-0.25, -0.2) is 4.79 Å². The maximum Gasteiger partial charge on any atom is 0.337 e. The molecule has 1 rings (SSSR count). The van der Waals surface area contributed by atoms with Crippen molar-refractivity contribution in [2.45, 2.75) is 13.8 Å². The van der Waals surface area contributed by atoms with E-state index in [1.54, 1.807) is 25.3 Å². The van der Waals surface area contributed by atoms with Crippen LogP contribution in [0.5, 0.6) is 0 Å². The first-order valence-electron chi connectivity index (χ1n) is 6.23. The van der Waals surface area contributed by atoms with Gasteiger partial charge in [0, 0.05) is 20.2 Å². The van der Waals surface area contributed by atoms with Crippen molar-refractivity contribution in [3.8, 4) is 0 Å². The van der Waals surface area contributed by atoms with Gasteiger partial charge in [-0.15, -0.1) is 0 Å². The number of aromatic carboxylic acids is 1. The van der Waals surface area contributed by atoms with Crippen molar-refractivity contribution < 1.29 is 14.6 Å². The number of carboxylic acid groups (broad SMARTS) is 1. The number of rotatable bonds is 7. The smallest absolute Gasteiger partial charge is 0.337 e. The van der Waals surface area contributed by atoms with Gasteiger partial charge in [0.05, 0.1) is 22.9 Å². The van der Waals surface area contributed by atoms with Gasteiger partial charge in [-0.05, 0) is 18.1 Å². The van der Waals surface area contributed by atoms with Crippen LogP contribution in [0.3, 0.4) is 0 Å². The molecule has 19 heavy (non-hydrogen) atoms. The highest BCUT2D eigenvalue weighted by molar-refractivity contribution is 6.34. The van der Waals surface area contributed by atoms with Gasteiger partial charge >= 0.3 is 5.97 Å². The van der Waals surface area contributed by atoms with E-state index in [-0.39, 0.29) is 5.56 Å². The Morgan fingerprint density at radius 1 is 1.47 bits per heavy atom. The van der Waals surface area contributed by atoms with Crippen molar-refractivity contribution in [3.63, 3.8) is 0 Å². The Hall–Kier alpha value is -1.26. The summed E-state index contributed by atoms with van der Waals surface area (Å²) in [4.78, 5) is 13.3. The molecule has 0 atom stereocenters. The second kappa shape index (κ2) is 7.36. The molecule has 4 nitrogen and oxygen atoms in total. The Morgan fingerprint density at radius 3 is 2.68 bits per heavy atom. The number of anilines is 1. The van der Waals surface area contributed by atoms with Crippen molar-refractivity contribution in [1.29, 1.82) is 0 Å². The second-order valence-electron chi connectivity index (χ2n) is 4.77. The van der Waals surface area contributed by atoms with Gasteiger partial charge in [0.25, 0.3) is 0 Å². The normalized spacial score (nSPS) is 10.8. The van der Waals surface area contributed by atoms with Gasteiger partial charge in [0.2, 0.25) is 0 Å². The molecular formula is C14H20ClNO3. The second-order valence-corrected chi connectivity index (χ2v) is 5.18. The lowest BCUT2D eigenvalue weighted by Gasteiger charge is -2.28. The molecule has 0 aliphatic carbocycles. The van der Waals surface area contributed by atoms with Crippen LogP contribution in [0.2, 0.25) is 5.02 Å². The van der Waals surface area contributed by atoms with Crippen LogP contribution in [-0.4, -0.2) is 37.9 Å². The average molecular weight is 286 g/mol. The van der Waals surface area contributed by atoms with Crippen molar-refractivity contribution in [2.24, 2.45) is 5.92 Å². The zero-order chi connectivity index (χ0) is 14.4. The van der Waals surface area contributed by atoms with Crippen LogP contribution in [0.15, 0.2) is 18.2 Å². The molecule has 0 saturated heterocycles. The van der Waals surface area contributed by atoms with E-state index >= 15 is 0 Å². The Bertz CT molecular complexity index is 435. The van der Waals surface area contributed by atoms with Gasteiger partial charge in [0.15, 0.2) is 0 Å². The molecule has 0 bridgehead atoms. The number of hydrogen-bond acceptors (Lipinski definition) is 3. The summed E-state index contributed by atoms with van der Waals surface area (Å²) in [5.74, 6) is -0.571. The van der Waals surface area contributed by atoms with E-state index in [9.17, 15) is 9.90 Å². The highest BCUT2D eigenvalue weighted by Crippen LogP contribution is 2.30. The lowest BCUT2D eigenvalue weighted by atomic mass is 10.1. The molecule has 1 N–H and O–H groups in total. The molecule has 0 amide bonds. The highest BCUT2D eigenvalue weighted by Gasteiger charge is 2.19. The molecule has 0 aliphatic heterocycles. The van der Waals surface area contributed by atoms with Crippen LogP contribution in [0.25, 0.3) is 0 Å². The van der Waals surface area contributed by atoms with Crippen molar-refractivity contribution in [2.75, 3.05) is 31.7 Å². The van der Waals surface area contributed by atoms with Gasteiger partial charge < -0.3 is 14.7 Å². The fourth-order valence-corrected chi connectivity index (χ4v) is 2.24. The fourth-order valence-electron chi connectivity index (χ4n) is 1.95. The van der Waals surface area contributed by atoms with Crippen LogP contribution in [-0.2, 0) is 4.74 Å². The number of para-hydroxylation sites is 1. The zero-order valence-electron chi connectivity index (χ0n) is 11.5. The third kappa shape index (κ3) is 4.40. The number of carboxylic acids is 1. The molecule has 106 valence electrons. The monoisotopic (exact) mass is 285 g/mol. The minimum atomic E-state index is -0.969. The Labute approximate surface area is 118 Å². The van der Waals surface area contributed by atoms with E-state index in [1.165, 1.54) is 0 Å². The molecule has 0 heterocycles. The van der Waals surface area contributed by atoms with E-state index in [1.807, 2.05) is 4.90 Å². The summed E-state index contributed by atoms with van der Waals surface area (Å²) >= 11 is 6.18. The summed E-state index contributed by atoms with van der Waals surface area (Å²) in [6.07, 6.45) is 0. The molecule has 0 unspecified atom stereocenters. The summed E-state index contributed by atoms with van der Waals surface area (Å²) in [5.41, 5.74) is 0.798. The minimum Gasteiger partial charge on any atom is -0.478 e. The number of carbonyl (C=O) groups is 1. The van der Waals surface area contributed by atoms with Crippen molar-refractivity contribution >= 4 is 23.3 Å². The first-order chi connectivity index (χ1) is 8.97. The maximum absolute atomic E-state index is 11.3. The zero-order valence-corrected chi connectivity index (χ0v) is 12.3. The number of ether oxygens (including phenoxy) is 1. The first kappa shape index (κ1) is 15.8. The molecule has 1 aromatic carbocycles. The molecule has 5 heteroatoms. The number of hydrogen-bond donors (Lipinski definition) is 1. The highest BCUT2D eigenvalue weighted by atomic mass is 35.5. The molecule has 0 fully saturated rings. The Balaban J connectivity index is 3.15. The van der Waals surface area contributed by atoms with Crippen LogP contribution >= 0.6 is 11.6 Å². The molecule has 0 aliphatic rings. The lowest BCUT2D eigenvalue weighted by Crippen LogP contribution is -2.32. The first-order valence-corrected chi connectivity index (χ1v) is 6.60. The van der Waals surface area contributed by atoms with Gasteiger partial charge in [-0.1, -0.05) is 31.5 Å². The largest absolute Gasteiger partial charge is 0.478 e. The minimum absolute atomic E-state index is 0.226. The van der Waals surface area contributed by atoms with Gasteiger partial charge in [-0.2, -0.15) is 0 Å². The lowest BCUT2D eigenvalue weighted by molar-refractivity contribution is 0.0697. The number of nitrogens with zero attached hydrogens (tertiary/aromatic N) is 1.